The van der Waals surface area contributed by atoms with Crippen molar-refractivity contribution in [2.75, 3.05) is 31.7 Å². The number of aliphatic imine (C=N–C) groups is 1. The number of amides is 13. The molecular weight excluding hydrogens is 1300 g/mol. The maximum Gasteiger partial charge on any atom is 0.245 e. The molecule has 1 aliphatic rings. The Kier molecular flexibility index (Phi) is 34.3. The summed E-state index contributed by atoms with van der Waals surface area (Å²) in [7, 11) is 0. The lowest BCUT2D eigenvalue weighted by molar-refractivity contribution is -0.143. The van der Waals surface area contributed by atoms with Crippen LogP contribution in [0, 0.1) is 11.8 Å². The van der Waals surface area contributed by atoms with E-state index in [0.29, 0.717) is 35.4 Å². The molecule has 2 heterocycles. The molecule has 33 nitrogen and oxygen atoms in total. The molecule has 3 aromatic rings. The maximum absolute atomic E-state index is 14.7. The average molecular weight is 1400 g/mol. The van der Waals surface area contributed by atoms with Crippen molar-refractivity contribution in [1.82, 2.24) is 68.0 Å². The molecule has 0 bridgehead atoms. The van der Waals surface area contributed by atoms with E-state index in [9.17, 15) is 67.4 Å². The number of aliphatic hydroxyl groups excluding tert-OH is 1. The van der Waals surface area contributed by atoms with Gasteiger partial charge >= 0.3 is 0 Å². The van der Waals surface area contributed by atoms with E-state index in [4.69, 9.17) is 28.7 Å². The lowest BCUT2D eigenvalue weighted by atomic mass is 10.00. The van der Waals surface area contributed by atoms with Crippen LogP contribution in [0.4, 0.5) is 0 Å². The van der Waals surface area contributed by atoms with Gasteiger partial charge in [0, 0.05) is 44.2 Å². The van der Waals surface area contributed by atoms with Gasteiger partial charge in [-0.3, -0.25) is 67.3 Å². The topological polar surface area (TPSA) is 537 Å². The quantitative estimate of drug-likeness (QED) is 0.0146. The van der Waals surface area contributed by atoms with Crippen LogP contribution >= 0.6 is 11.8 Å². The van der Waals surface area contributed by atoms with Gasteiger partial charge in [0.1, 0.15) is 66.5 Å². The smallest absolute Gasteiger partial charge is 0.245 e. The van der Waals surface area contributed by atoms with Gasteiger partial charge in [-0.25, -0.2) is 4.98 Å². The van der Waals surface area contributed by atoms with Crippen molar-refractivity contribution in [3.8, 4) is 0 Å². The van der Waals surface area contributed by atoms with Crippen molar-refractivity contribution in [3.05, 3.63) is 90.0 Å². The minimum Gasteiger partial charge on any atom is -0.394 e. The number of hydrogen-bond donors (Lipinski definition) is 17. The molecule has 2 aromatic carbocycles. The van der Waals surface area contributed by atoms with Crippen molar-refractivity contribution in [3.63, 3.8) is 0 Å². The van der Waals surface area contributed by atoms with E-state index in [2.05, 4.69) is 68.1 Å². The van der Waals surface area contributed by atoms with E-state index in [-0.39, 0.29) is 82.3 Å². The van der Waals surface area contributed by atoms with Crippen LogP contribution in [0.15, 0.2) is 78.2 Å². The van der Waals surface area contributed by atoms with E-state index in [1.54, 1.807) is 74.5 Å². The fraction of sp³-hybridized carbons (Fsp3) is 0.554. The van der Waals surface area contributed by atoms with Crippen LogP contribution < -0.4 is 81.8 Å². The summed E-state index contributed by atoms with van der Waals surface area (Å²) < 4.78 is 0. The van der Waals surface area contributed by atoms with Crippen LogP contribution in [0.1, 0.15) is 110 Å². The van der Waals surface area contributed by atoms with Crippen molar-refractivity contribution < 1.29 is 67.4 Å². The third kappa shape index (κ3) is 28.4. The highest BCUT2D eigenvalue weighted by Crippen LogP contribution is 2.22. The minimum absolute atomic E-state index is 0.000210. The molecular formula is C65H99N19O14S. The number of nitrogens with one attached hydrogen (secondary N) is 11. The van der Waals surface area contributed by atoms with Gasteiger partial charge in [-0.05, 0) is 93.8 Å². The van der Waals surface area contributed by atoms with Gasteiger partial charge in [0.2, 0.25) is 76.8 Å². The van der Waals surface area contributed by atoms with Crippen molar-refractivity contribution in [1.29, 1.82) is 0 Å². The number of nitrogens with zero attached hydrogens (tertiary/aromatic N) is 3. The number of H-pyrrole nitrogens is 1. The lowest BCUT2D eigenvalue weighted by Crippen LogP contribution is -2.61. The fourth-order valence-corrected chi connectivity index (χ4v) is 11.1. The highest BCUT2D eigenvalue weighted by atomic mass is 32.2. The Morgan fingerprint density at radius 2 is 1.05 bits per heavy atom. The minimum atomic E-state index is -1.74. The number of benzene rings is 2. The molecule has 1 fully saturated rings. The number of aliphatic hydroxyl groups is 1. The number of thioether (sulfide) groups is 1. The predicted octanol–water partition coefficient (Wildman–Crippen LogP) is -4.10. The molecule has 544 valence electrons. The monoisotopic (exact) mass is 1400 g/mol. The number of carbonyl (C=O) groups is 13. The van der Waals surface area contributed by atoms with Crippen LogP contribution in [-0.4, -0.2) is 207 Å². The van der Waals surface area contributed by atoms with Gasteiger partial charge in [-0.2, -0.15) is 11.8 Å². The number of aromatic amines is 1. The van der Waals surface area contributed by atoms with Gasteiger partial charge in [0.05, 0.1) is 25.4 Å². The average Bonchev–Trinajstić information content (AvgIpc) is 1.74. The van der Waals surface area contributed by atoms with E-state index >= 15 is 0 Å². The Bertz CT molecular complexity index is 3230. The molecule has 0 saturated carbocycles. The number of carbonyl (C=O) groups excluding carboxylic acids is 13. The highest BCUT2D eigenvalue weighted by Gasteiger charge is 2.41. The summed E-state index contributed by atoms with van der Waals surface area (Å²) >= 11 is 1.49. The number of hydrogen-bond acceptors (Lipinski definition) is 18. The van der Waals surface area contributed by atoms with Gasteiger partial charge in [-0.1, -0.05) is 88.4 Å². The molecule has 0 spiro atoms. The number of rotatable bonds is 42. The first kappa shape index (κ1) is 81.7. The molecule has 4 rings (SSSR count). The van der Waals surface area contributed by atoms with Gasteiger partial charge in [-0.15, -0.1) is 0 Å². The van der Waals surface area contributed by atoms with E-state index in [0.717, 1.165) is 0 Å². The number of nitrogens with two attached hydrogens (primary N) is 5. The molecule has 0 aliphatic carbocycles. The summed E-state index contributed by atoms with van der Waals surface area (Å²) in [5.41, 5.74) is 29.9. The number of guanidine groups is 1. The van der Waals surface area contributed by atoms with Gasteiger partial charge in [0.25, 0.3) is 0 Å². The second-order valence-corrected chi connectivity index (χ2v) is 26.1. The SMILES string of the molecule is CSCC[C@H](N)C(=O)N[C@@H](C)C(=O)N[C@@H](Cc1cnc[nH]1)C(=O)N[C@@H](CO)C(=O)N[C@@H](Cc1ccccc1)C(=O)N[C@@H](C)C(=O)N[C@@H](CC(N)=O)C(=O)N[C@@H](CC(C)C)C(=O)N1CCC[C@H]1C(=O)N[C@@H](CC(C)C)C(=O)N[C@@H](CCCN=C(N)N)C(=O)N[C@@H](Cc1ccccc1)C(N)=O. The van der Waals surface area contributed by atoms with Crippen molar-refractivity contribution in [2.24, 2.45) is 45.5 Å². The van der Waals surface area contributed by atoms with Crippen LogP contribution in [0.5, 0.6) is 0 Å². The molecule has 34 heteroatoms. The van der Waals surface area contributed by atoms with Gasteiger partial charge in [0.15, 0.2) is 5.96 Å². The van der Waals surface area contributed by atoms with Crippen LogP contribution in [-0.2, 0) is 81.6 Å². The summed E-state index contributed by atoms with van der Waals surface area (Å²) in [5.74, 6) is -11.2. The summed E-state index contributed by atoms with van der Waals surface area (Å²) in [5, 5.41) is 36.2. The van der Waals surface area contributed by atoms with Crippen molar-refractivity contribution in [2.45, 2.75) is 185 Å². The zero-order valence-electron chi connectivity index (χ0n) is 57.0. The molecule has 22 N–H and O–H groups in total. The highest BCUT2D eigenvalue weighted by molar-refractivity contribution is 7.98. The summed E-state index contributed by atoms with van der Waals surface area (Å²) in [6.07, 6.45) is 4.57. The second-order valence-electron chi connectivity index (χ2n) is 25.2. The molecule has 12 atom stereocenters. The van der Waals surface area contributed by atoms with Crippen LogP contribution in [0.2, 0.25) is 0 Å². The Labute approximate surface area is 579 Å². The molecule has 0 unspecified atom stereocenters. The Hall–Kier alpha value is -9.70. The Morgan fingerprint density at radius 3 is 1.60 bits per heavy atom. The third-order valence-corrected chi connectivity index (χ3v) is 16.5. The molecule has 0 radical (unpaired) electrons. The second kappa shape index (κ2) is 41.5. The van der Waals surface area contributed by atoms with Crippen LogP contribution in [0.3, 0.4) is 0 Å². The third-order valence-electron chi connectivity index (χ3n) is 15.9. The van der Waals surface area contributed by atoms with E-state index in [1.165, 1.54) is 43.0 Å². The largest absolute Gasteiger partial charge is 0.394 e. The molecule has 13 amide bonds. The van der Waals surface area contributed by atoms with Crippen LogP contribution in [0.25, 0.3) is 0 Å². The Morgan fingerprint density at radius 1 is 0.576 bits per heavy atom. The molecule has 1 saturated heterocycles. The first-order valence-electron chi connectivity index (χ1n) is 32.8. The standard InChI is InChI=1S/C65H99N19O14S/c1-35(2)26-45(59(93)76-43(20-14-23-72-65(69)70)57(91)77-44(53(68)87)28-39-16-10-8-11-17-39)81-63(97)51-21-15-24-84(51)64(98)49(27-36(3)4)82-61(95)48(31-52(67)86)79-55(89)38(6)75-58(92)46(29-40-18-12-9-13-19-40)80-62(96)50(33-85)83-60(94)47(30-41-32-71-34-73-41)78-54(88)37(5)74-56(90)42(66)22-25-99-7/h8-13,16-19,32,34-38,42-51,85H,14-15,20-31,33,66H2,1-7H3,(H2,67,86)(H2,68,87)(H,71,73)(H,74,90)(H,75,92)(H,76,93)(H,77,91)(H,78,88)(H,79,89)(H,80,96)(H,81,97)(H,82,95)(H,83,94)(H4,69,70,72)/t37-,38-,42-,43-,44-,45-,46-,47-,48-,49-,50-,51-/m0/s1. The Balaban J connectivity index is 1.49. The first-order chi connectivity index (χ1) is 46.9. The number of primary amides is 2. The normalized spacial score (nSPS) is 16.0. The first-order valence-corrected chi connectivity index (χ1v) is 34.2. The van der Waals surface area contributed by atoms with Crippen molar-refractivity contribution >= 4 is 94.5 Å². The molecule has 1 aliphatic heterocycles. The summed E-state index contributed by atoms with van der Waals surface area (Å²) in [6, 6.07) is 1.00. The number of imidazole rings is 1. The zero-order chi connectivity index (χ0) is 73.5. The van der Waals surface area contributed by atoms with Gasteiger partial charge < -0.3 is 96.8 Å². The lowest BCUT2D eigenvalue weighted by Gasteiger charge is -2.32. The zero-order valence-corrected chi connectivity index (χ0v) is 57.8. The molecule has 1 aromatic heterocycles. The van der Waals surface area contributed by atoms with E-state index < -0.39 is 162 Å². The maximum atomic E-state index is 14.7. The molecule has 99 heavy (non-hydrogen) atoms. The summed E-state index contributed by atoms with van der Waals surface area (Å²) in [6.45, 7) is 8.91. The fourth-order valence-electron chi connectivity index (χ4n) is 10.6. The summed E-state index contributed by atoms with van der Waals surface area (Å²) in [4.78, 5) is 191. The predicted molar refractivity (Wildman–Crippen MR) is 368 cm³/mol. The van der Waals surface area contributed by atoms with E-state index in [1.807, 2.05) is 20.1 Å². The number of aromatic nitrogens is 2. The number of likely N-dealkylation sites (tertiary alicyclic amines) is 1.